The molecule has 0 aliphatic heterocycles. The maximum atomic E-state index is 10.0. The van der Waals surface area contributed by atoms with E-state index < -0.39 is 0 Å². The van der Waals surface area contributed by atoms with Crippen LogP contribution in [0.4, 0.5) is 0 Å². The summed E-state index contributed by atoms with van der Waals surface area (Å²) in [7, 11) is 0. The molecule has 0 fully saturated rings. The molecule has 0 saturated heterocycles. The van der Waals surface area contributed by atoms with Crippen molar-refractivity contribution in [2.24, 2.45) is 0 Å². The van der Waals surface area contributed by atoms with Gasteiger partial charge in [0.05, 0.1) is 0 Å². The first kappa shape index (κ1) is 8.69. The van der Waals surface area contributed by atoms with Crippen LogP contribution in [0.2, 0.25) is 0 Å². The predicted octanol–water partition coefficient (Wildman–Crippen LogP) is 1.72. The van der Waals surface area contributed by atoms with E-state index in [9.17, 15) is 4.79 Å². The maximum absolute atomic E-state index is 10.0. The highest BCUT2D eigenvalue weighted by Gasteiger charge is 2.01. The molecule has 14 heavy (non-hydrogen) atoms. The third kappa shape index (κ3) is 1.57. The van der Waals surface area contributed by atoms with Gasteiger partial charge >= 0.3 is 0 Å². The summed E-state index contributed by atoms with van der Waals surface area (Å²) in [6, 6.07) is 9.40. The fourth-order valence-electron chi connectivity index (χ4n) is 1.30. The van der Waals surface area contributed by atoms with Gasteiger partial charge in [0.1, 0.15) is 11.3 Å². The zero-order valence-electron chi connectivity index (χ0n) is 7.43. The highest BCUT2D eigenvalue weighted by molar-refractivity contribution is 5.84. The lowest BCUT2D eigenvalue weighted by Crippen LogP contribution is -1.98. The highest BCUT2D eigenvalue weighted by atomic mass is 16.5. The molecule has 0 aliphatic rings. The SMILES string of the molecule is O=[C]COc1cccc2cccnc12. The molecule has 1 heterocycles. The summed E-state index contributed by atoms with van der Waals surface area (Å²) < 4.78 is 5.18. The summed E-state index contributed by atoms with van der Waals surface area (Å²) in [6.07, 6.45) is 3.38. The number of hydrogen-bond donors (Lipinski definition) is 0. The van der Waals surface area contributed by atoms with Crippen LogP contribution in [-0.4, -0.2) is 17.9 Å². The van der Waals surface area contributed by atoms with Crippen LogP contribution in [0.5, 0.6) is 5.75 Å². The van der Waals surface area contributed by atoms with Gasteiger partial charge in [-0.3, -0.25) is 9.78 Å². The van der Waals surface area contributed by atoms with Crippen LogP contribution in [0.25, 0.3) is 10.9 Å². The van der Waals surface area contributed by atoms with Gasteiger partial charge in [0.2, 0.25) is 6.29 Å². The molecule has 1 radical (unpaired) electrons. The van der Waals surface area contributed by atoms with Gasteiger partial charge in [-0.15, -0.1) is 0 Å². The van der Waals surface area contributed by atoms with Gasteiger partial charge in [0.25, 0.3) is 0 Å². The number of ether oxygens (including phenoxy) is 1. The van der Waals surface area contributed by atoms with Crippen LogP contribution in [0, 0.1) is 0 Å². The van der Waals surface area contributed by atoms with Gasteiger partial charge in [0, 0.05) is 11.6 Å². The molecule has 2 rings (SSSR count). The van der Waals surface area contributed by atoms with E-state index in [1.165, 1.54) is 0 Å². The summed E-state index contributed by atoms with van der Waals surface area (Å²) in [6.45, 7) is -0.0598. The standard InChI is InChI=1S/C11H8NO2/c13-7-8-14-10-5-1-3-9-4-2-6-12-11(9)10/h1-6H,8H2. The van der Waals surface area contributed by atoms with E-state index in [4.69, 9.17) is 4.74 Å². The number of fused-ring (bicyclic) bond motifs is 1. The number of benzene rings is 1. The molecule has 0 N–H and O–H groups in total. The molecule has 3 nitrogen and oxygen atoms in total. The van der Waals surface area contributed by atoms with Crippen molar-refractivity contribution in [2.75, 3.05) is 6.61 Å². The van der Waals surface area contributed by atoms with E-state index in [1.807, 2.05) is 24.3 Å². The Labute approximate surface area is 81.3 Å². The van der Waals surface area contributed by atoms with Crippen LogP contribution in [0.3, 0.4) is 0 Å². The molecule has 0 bridgehead atoms. The van der Waals surface area contributed by atoms with E-state index >= 15 is 0 Å². The minimum absolute atomic E-state index is 0.0598. The molecule has 0 unspecified atom stereocenters. The number of para-hydroxylation sites is 1. The number of pyridine rings is 1. The number of rotatable bonds is 3. The van der Waals surface area contributed by atoms with E-state index in [2.05, 4.69) is 4.98 Å². The summed E-state index contributed by atoms with van der Waals surface area (Å²) in [4.78, 5) is 14.2. The second-order valence-electron chi connectivity index (χ2n) is 2.76. The Morgan fingerprint density at radius 1 is 1.29 bits per heavy atom. The van der Waals surface area contributed by atoms with Crippen molar-refractivity contribution >= 4 is 17.2 Å². The fourth-order valence-corrected chi connectivity index (χ4v) is 1.30. The van der Waals surface area contributed by atoms with Gasteiger partial charge in [-0.05, 0) is 12.1 Å². The third-order valence-electron chi connectivity index (χ3n) is 1.88. The van der Waals surface area contributed by atoms with Crippen LogP contribution >= 0.6 is 0 Å². The molecule has 0 aliphatic carbocycles. The van der Waals surface area contributed by atoms with Crippen molar-refractivity contribution in [3.05, 3.63) is 36.5 Å². The molecule has 0 saturated carbocycles. The molecule has 3 heteroatoms. The van der Waals surface area contributed by atoms with E-state index in [0.717, 1.165) is 10.9 Å². The Morgan fingerprint density at radius 3 is 3.00 bits per heavy atom. The van der Waals surface area contributed by atoms with Gasteiger partial charge in [-0.2, -0.15) is 0 Å². The smallest absolute Gasteiger partial charge is 0.239 e. The quantitative estimate of drug-likeness (QED) is 0.732. The molecular weight excluding hydrogens is 178 g/mol. The predicted molar refractivity (Wildman–Crippen MR) is 52.9 cm³/mol. The monoisotopic (exact) mass is 186 g/mol. The van der Waals surface area contributed by atoms with Gasteiger partial charge in [-0.1, -0.05) is 18.2 Å². The second-order valence-corrected chi connectivity index (χ2v) is 2.76. The van der Waals surface area contributed by atoms with Gasteiger partial charge < -0.3 is 4.74 Å². The Morgan fingerprint density at radius 2 is 2.14 bits per heavy atom. The molecule has 0 spiro atoms. The Balaban J connectivity index is 2.48. The molecule has 0 atom stereocenters. The lowest BCUT2D eigenvalue weighted by molar-refractivity contribution is 0.368. The van der Waals surface area contributed by atoms with Crippen molar-refractivity contribution in [3.8, 4) is 5.75 Å². The second kappa shape index (κ2) is 3.87. The topological polar surface area (TPSA) is 39.2 Å². The van der Waals surface area contributed by atoms with Gasteiger partial charge in [-0.25, -0.2) is 0 Å². The molecule has 69 valence electrons. The van der Waals surface area contributed by atoms with Crippen LogP contribution in [-0.2, 0) is 4.79 Å². The van der Waals surface area contributed by atoms with Crippen molar-refractivity contribution in [3.63, 3.8) is 0 Å². The van der Waals surface area contributed by atoms with E-state index in [1.54, 1.807) is 18.5 Å². The summed E-state index contributed by atoms with van der Waals surface area (Å²) >= 11 is 0. The van der Waals surface area contributed by atoms with Crippen molar-refractivity contribution in [2.45, 2.75) is 0 Å². The molecular formula is C11H8NO2. The van der Waals surface area contributed by atoms with Crippen molar-refractivity contribution in [1.82, 2.24) is 4.98 Å². The Kier molecular flexibility index (Phi) is 2.40. The van der Waals surface area contributed by atoms with Crippen molar-refractivity contribution < 1.29 is 9.53 Å². The number of hydrogen-bond acceptors (Lipinski definition) is 3. The Bertz CT molecular complexity index is 448. The largest absolute Gasteiger partial charge is 0.483 e. The Hall–Kier alpha value is -1.90. The van der Waals surface area contributed by atoms with Crippen LogP contribution in [0.15, 0.2) is 36.5 Å². The summed E-state index contributed by atoms with van der Waals surface area (Å²) in [5.74, 6) is 0.617. The van der Waals surface area contributed by atoms with Gasteiger partial charge in [0.15, 0.2) is 6.61 Å². The third-order valence-corrected chi connectivity index (χ3v) is 1.88. The molecule has 0 amide bonds. The first-order chi connectivity index (χ1) is 6.92. The number of nitrogens with zero attached hydrogens (tertiary/aromatic N) is 1. The van der Waals surface area contributed by atoms with Crippen LogP contribution in [0.1, 0.15) is 0 Å². The number of aromatic nitrogens is 1. The average Bonchev–Trinajstić information content (AvgIpc) is 2.26. The fraction of sp³-hybridized carbons (Fsp3) is 0.0909. The lowest BCUT2D eigenvalue weighted by atomic mass is 10.2. The maximum Gasteiger partial charge on any atom is 0.239 e. The minimum atomic E-state index is -0.0598. The first-order valence-electron chi connectivity index (χ1n) is 4.23. The molecule has 2 aromatic rings. The molecule has 1 aromatic heterocycles. The van der Waals surface area contributed by atoms with E-state index in [0.29, 0.717) is 5.75 Å². The molecule has 1 aromatic carbocycles. The van der Waals surface area contributed by atoms with Crippen LogP contribution < -0.4 is 4.74 Å². The zero-order valence-corrected chi connectivity index (χ0v) is 7.43. The average molecular weight is 186 g/mol. The minimum Gasteiger partial charge on any atom is -0.483 e. The zero-order chi connectivity index (χ0) is 9.80. The van der Waals surface area contributed by atoms with Crippen molar-refractivity contribution in [1.29, 1.82) is 0 Å². The number of carbonyl (C=O) groups excluding carboxylic acids is 1. The summed E-state index contributed by atoms with van der Waals surface area (Å²) in [5.41, 5.74) is 0.769. The normalized spacial score (nSPS) is 10.0. The lowest BCUT2D eigenvalue weighted by Gasteiger charge is -2.04. The van der Waals surface area contributed by atoms with E-state index in [-0.39, 0.29) is 6.61 Å². The highest BCUT2D eigenvalue weighted by Crippen LogP contribution is 2.22. The summed E-state index contributed by atoms with van der Waals surface area (Å²) in [5, 5.41) is 0.996. The first-order valence-corrected chi connectivity index (χ1v) is 4.23.